The summed E-state index contributed by atoms with van der Waals surface area (Å²) in [5.74, 6) is 0. The monoisotopic (exact) mass is 294 g/mol. The van der Waals surface area contributed by atoms with E-state index < -0.39 is 10.0 Å². The summed E-state index contributed by atoms with van der Waals surface area (Å²) in [6, 6.07) is 10.5. The van der Waals surface area contributed by atoms with Crippen LogP contribution in [0.2, 0.25) is 0 Å². The first kappa shape index (κ1) is 13.9. The summed E-state index contributed by atoms with van der Waals surface area (Å²) < 4.78 is 25.2. The molecule has 0 aliphatic carbocycles. The molecule has 4 nitrogen and oxygen atoms in total. The number of aliphatic imine (C=N–C) groups is 1. The van der Waals surface area contributed by atoms with Crippen LogP contribution in [0, 0.1) is 0 Å². The van der Waals surface area contributed by atoms with Crippen molar-refractivity contribution in [2.24, 2.45) is 4.99 Å². The number of hydrogen-bond donors (Lipinski definition) is 0. The Balaban J connectivity index is 2.30. The van der Waals surface area contributed by atoms with Crippen LogP contribution >= 0.6 is 11.3 Å². The van der Waals surface area contributed by atoms with Gasteiger partial charge in [0.05, 0.1) is 10.6 Å². The van der Waals surface area contributed by atoms with Crippen LogP contribution in [-0.2, 0) is 10.0 Å². The third-order valence-electron chi connectivity index (χ3n) is 2.48. The summed E-state index contributed by atoms with van der Waals surface area (Å²) in [7, 11) is -0.388. The van der Waals surface area contributed by atoms with Crippen LogP contribution < -0.4 is 0 Å². The molecule has 1 aromatic heterocycles. The van der Waals surface area contributed by atoms with E-state index in [1.165, 1.54) is 18.4 Å². The average molecular weight is 294 g/mol. The summed E-state index contributed by atoms with van der Waals surface area (Å²) in [6.45, 7) is 0. The largest absolute Gasteiger partial charge is 0.255 e. The zero-order chi connectivity index (χ0) is 13.9. The van der Waals surface area contributed by atoms with Crippen LogP contribution in [0.1, 0.15) is 4.88 Å². The maximum atomic E-state index is 12.0. The molecule has 0 N–H and O–H groups in total. The van der Waals surface area contributed by atoms with Crippen molar-refractivity contribution in [1.82, 2.24) is 4.31 Å². The van der Waals surface area contributed by atoms with Gasteiger partial charge < -0.3 is 0 Å². The Hall–Kier alpha value is -1.50. The molecule has 0 spiro atoms. The lowest BCUT2D eigenvalue weighted by atomic mass is 10.3. The second-order valence-corrected chi connectivity index (χ2v) is 7.19. The van der Waals surface area contributed by atoms with Gasteiger partial charge in [0.25, 0.3) is 0 Å². The van der Waals surface area contributed by atoms with Crippen LogP contribution in [0.25, 0.3) is 0 Å². The summed E-state index contributed by atoms with van der Waals surface area (Å²) in [5.41, 5.74) is 0.622. The molecule has 2 rings (SSSR count). The number of nitrogens with zero attached hydrogens (tertiary/aromatic N) is 2. The lowest BCUT2D eigenvalue weighted by molar-refractivity contribution is 0.521. The Kier molecular flexibility index (Phi) is 4.14. The molecule has 0 saturated heterocycles. The molecule has 0 aliphatic heterocycles. The Morgan fingerprint density at radius 2 is 2.00 bits per heavy atom. The minimum absolute atomic E-state index is 0.248. The van der Waals surface area contributed by atoms with E-state index in [0.717, 1.165) is 4.88 Å². The number of sulfonamides is 1. The highest BCUT2D eigenvalue weighted by molar-refractivity contribution is 7.89. The quantitative estimate of drug-likeness (QED) is 0.814. The molecular formula is C13H14N2O2S2. The van der Waals surface area contributed by atoms with Gasteiger partial charge >= 0.3 is 0 Å². The van der Waals surface area contributed by atoms with E-state index >= 15 is 0 Å². The van der Waals surface area contributed by atoms with Gasteiger partial charge in [-0.1, -0.05) is 12.1 Å². The van der Waals surface area contributed by atoms with E-state index in [-0.39, 0.29) is 4.90 Å². The van der Waals surface area contributed by atoms with Gasteiger partial charge in [0.2, 0.25) is 10.0 Å². The summed E-state index contributed by atoms with van der Waals surface area (Å²) >= 11 is 1.58. The van der Waals surface area contributed by atoms with E-state index in [1.807, 2.05) is 17.5 Å². The number of rotatable bonds is 4. The molecule has 1 aromatic carbocycles. The van der Waals surface area contributed by atoms with Crippen LogP contribution in [0.3, 0.4) is 0 Å². The highest BCUT2D eigenvalue weighted by Gasteiger charge is 2.16. The zero-order valence-corrected chi connectivity index (χ0v) is 12.3. The van der Waals surface area contributed by atoms with Crippen molar-refractivity contribution in [3.8, 4) is 0 Å². The van der Waals surface area contributed by atoms with Gasteiger partial charge in [-0.3, -0.25) is 4.99 Å². The SMILES string of the molecule is CN(C)S(=O)(=O)c1cccc(N=Cc2cccs2)c1. The molecule has 0 radical (unpaired) electrons. The first-order valence-electron chi connectivity index (χ1n) is 5.60. The van der Waals surface area contributed by atoms with Gasteiger partial charge in [0.15, 0.2) is 0 Å². The molecule has 6 heteroatoms. The van der Waals surface area contributed by atoms with Crippen LogP contribution in [0.4, 0.5) is 5.69 Å². The van der Waals surface area contributed by atoms with Crippen molar-refractivity contribution in [2.45, 2.75) is 4.90 Å². The molecule has 0 amide bonds. The second-order valence-electron chi connectivity index (χ2n) is 4.06. The molecule has 0 aliphatic rings. The standard InChI is InChI=1S/C13H14N2O2S2/c1-15(2)19(16,17)13-7-3-5-11(9-13)14-10-12-6-4-8-18-12/h3-10H,1-2H3. The molecule has 19 heavy (non-hydrogen) atoms. The molecule has 2 aromatic rings. The first-order chi connectivity index (χ1) is 9.00. The minimum atomic E-state index is -3.41. The van der Waals surface area contributed by atoms with Crippen molar-refractivity contribution in [2.75, 3.05) is 14.1 Å². The Morgan fingerprint density at radius 3 is 2.63 bits per heavy atom. The molecule has 0 unspecified atom stereocenters. The maximum absolute atomic E-state index is 12.0. The van der Waals surface area contributed by atoms with Gasteiger partial charge in [-0.2, -0.15) is 0 Å². The predicted molar refractivity (Wildman–Crippen MR) is 78.9 cm³/mol. The topological polar surface area (TPSA) is 49.7 Å². The van der Waals surface area contributed by atoms with Crippen molar-refractivity contribution in [3.05, 3.63) is 46.7 Å². The van der Waals surface area contributed by atoms with Gasteiger partial charge in [0, 0.05) is 25.2 Å². The van der Waals surface area contributed by atoms with Crippen LogP contribution in [0.5, 0.6) is 0 Å². The average Bonchev–Trinajstić information content (AvgIpc) is 2.89. The first-order valence-corrected chi connectivity index (χ1v) is 7.92. The molecule has 0 atom stereocenters. The molecule has 100 valence electrons. The predicted octanol–water partition coefficient (Wildman–Crippen LogP) is 2.75. The smallest absolute Gasteiger partial charge is 0.242 e. The van der Waals surface area contributed by atoms with Crippen LogP contribution in [0.15, 0.2) is 51.7 Å². The third kappa shape index (κ3) is 3.28. The summed E-state index contributed by atoms with van der Waals surface area (Å²) in [4.78, 5) is 5.56. The second kappa shape index (κ2) is 5.64. The van der Waals surface area contributed by atoms with Crippen LogP contribution in [-0.4, -0.2) is 33.0 Å². The Morgan fingerprint density at radius 1 is 1.21 bits per heavy atom. The molecule has 0 saturated carbocycles. The number of hydrogen-bond acceptors (Lipinski definition) is 4. The summed E-state index contributed by atoms with van der Waals surface area (Å²) in [6.07, 6.45) is 1.73. The van der Waals surface area contributed by atoms with Crippen molar-refractivity contribution in [3.63, 3.8) is 0 Å². The van der Waals surface area contributed by atoms with Crippen molar-refractivity contribution < 1.29 is 8.42 Å². The van der Waals surface area contributed by atoms with E-state index in [9.17, 15) is 8.42 Å². The highest BCUT2D eigenvalue weighted by atomic mass is 32.2. The Bertz CT molecular complexity index is 674. The highest BCUT2D eigenvalue weighted by Crippen LogP contribution is 2.20. The molecule has 0 fully saturated rings. The fourth-order valence-corrected chi connectivity index (χ4v) is 2.96. The lowest BCUT2D eigenvalue weighted by Crippen LogP contribution is -2.22. The minimum Gasteiger partial charge on any atom is -0.255 e. The zero-order valence-electron chi connectivity index (χ0n) is 10.6. The molecular weight excluding hydrogens is 280 g/mol. The fourth-order valence-electron chi connectivity index (χ4n) is 1.44. The normalized spacial score (nSPS) is 12.4. The Labute approximate surface area is 117 Å². The van der Waals surface area contributed by atoms with Gasteiger partial charge in [-0.15, -0.1) is 11.3 Å². The van der Waals surface area contributed by atoms with Crippen molar-refractivity contribution in [1.29, 1.82) is 0 Å². The lowest BCUT2D eigenvalue weighted by Gasteiger charge is -2.11. The maximum Gasteiger partial charge on any atom is 0.242 e. The third-order valence-corrected chi connectivity index (χ3v) is 5.10. The number of thiophene rings is 1. The molecule has 1 heterocycles. The van der Waals surface area contributed by atoms with E-state index in [0.29, 0.717) is 5.69 Å². The van der Waals surface area contributed by atoms with E-state index in [2.05, 4.69) is 4.99 Å². The molecule has 0 bridgehead atoms. The van der Waals surface area contributed by atoms with Gasteiger partial charge in [0.1, 0.15) is 0 Å². The van der Waals surface area contributed by atoms with E-state index in [1.54, 1.807) is 41.8 Å². The van der Waals surface area contributed by atoms with Crippen molar-refractivity contribution >= 4 is 33.3 Å². The van der Waals surface area contributed by atoms with Gasteiger partial charge in [-0.25, -0.2) is 12.7 Å². The number of benzene rings is 1. The van der Waals surface area contributed by atoms with Gasteiger partial charge in [-0.05, 0) is 29.6 Å². The fraction of sp³-hybridized carbons (Fsp3) is 0.154. The summed E-state index contributed by atoms with van der Waals surface area (Å²) in [5, 5.41) is 1.97. The van der Waals surface area contributed by atoms with E-state index in [4.69, 9.17) is 0 Å².